The van der Waals surface area contributed by atoms with Crippen LogP contribution in [0.2, 0.25) is 0 Å². The minimum Gasteiger partial charge on any atom is -0.224 e. The van der Waals surface area contributed by atoms with Gasteiger partial charge in [-0.3, -0.25) is 0 Å². The lowest BCUT2D eigenvalue weighted by Gasteiger charge is -2.16. The lowest BCUT2D eigenvalue weighted by Crippen LogP contribution is -2.30. The summed E-state index contributed by atoms with van der Waals surface area (Å²) in [4.78, 5) is -0.0550. The van der Waals surface area contributed by atoms with Crippen molar-refractivity contribution in [2.45, 2.75) is 19.1 Å². The molecule has 6 heteroatoms. The zero-order valence-corrected chi connectivity index (χ0v) is 8.44. The Morgan fingerprint density at radius 1 is 1.33 bits per heavy atom. The third kappa shape index (κ3) is 1.54. The van der Waals surface area contributed by atoms with Crippen LogP contribution in [0.25, 0.3) is 0 Å². The van der Waals surface area contributed by atoms with Gasteiger partial charge < -0.3 is 0 Å². The van der Waals surface area contributed by atoms with E-state index in [0.29, 0.717) is 0 Å². The Morgan fingerprint density at radius 2 is 1.83 bits per heavy atom. The summed E-state index contributed by atoms with van der Waals surface area (Å²) in [6.07, 6.45) is 0. The molecule has 0 aromatic carbocycles. The van der Waals surface area contributed by atoms with Gasteiger partial charge in [0.15, 0.2) is 19.7 Å². The van der Waals surface area contributed by atoms with Crippen LogP contribution in [-0.4, -0.2) is 27.8 Å². The summed E-state index contributed by atoms with van der Waals surface area (Å²) in [6, 6.07) is 0. The summed E-state index contributed by atoms with van der Waals surface area (Å²) < 4.78 is 44.6. The second kappa shape index (κ2) is 2.56. The van der Waals surface area contributed by atoms with Gasteiger partial charge in [0.05, 0.1) is 15.9 Å². The Labute approximate surface area is 72.1 Å². The highest BCUT2D eigenvalue weighted by Gasteiger charge is 2.32. The molecule has 0 amide bonds. The predicted molar refractivity (Wildman–Crippen MR) is 45.9 cm³/mol. The van der Waals surface area contributed by atoms with Crippen molar-refractivity contribution in [3.63, 3.8) is 0 Å². The van der Waals surface area contributed by atoms with Gasteiger partial charge in [-0.2, -0.15) is 0 Å². The lowest BCUT2D eigenvalue weighted by atomic mass is 10.6. The Hall–Kier alpha value is -0.360. The second-order valence-corrected chi connectivity index (χ2v) is 7.33. The van der Waals surface area contributed by atoms with Crippen molar-refractivity contribution >= 4 is 19.7 Å². The van der Waals surface area contributed by atoms with E-state index >= 15 is 0 Å². The van der Waals surface area contributed by atoms with Crippen LogP contribution in [0, 0.1) is 0 Å². The fraction of sp³-hybridized carbons (Fsp3) is 0.667. The zero-order valence-electron chi connectivity index (χ0n) is 6.81. The summed E-state index contributed by atoms with van der Waals surface area (Å²) in [5.41, 5.74) is 0. The third-order valence-electron chi connectivity index (χ3n) is 1.84. The van der Waals surface area contributed by atoms with Crippen molar-refractivity contribution < 1.29 is 16.8 Å². The van der Waals surface area contributed by atoms with Crippen LogP contribution < -0.4 is 0 Å². The molecule has 1 aliphatic rings. The van der Waals surface area contributed by atoms with E-state index < -0.39 is 24.9 Å². The lowest BCUT2D eigenvalue weighted by molar-refractivity contribution is 0.582. The molecule has 1 unspecified atom stereocenters. The van der Waals surface area contributed by atoms with Gasteiger partial charge in [-0.05, 0) is 13.8 Å². The largest absolute Gasteiger partial charge is 0.224 e. The van der Waals surface area contributed by atoms with E-state index in [4.69, 9.17) is 0 Å². The maximum absolute atomic E-state index is 11.1. The summed E-state index contributed by atoms with van der Waals surface area (Å²) in [7, 11) is -6.62. The van der Waals surface area contributed by atoms with Gasteiger partial charge in [-0.15, -0.1) is 0 Å². The Morgan fingerprint density at radius 3 is 2.25 bits per heavy atom. The minimum atomic E-state index is -3.32. The highest BCUT2D eigenvalue weighted by Crippen LogP contribution is 2.21. The standard InChI is InChI=1S/C6H10O4S2/c1-5-3-12(9,10)6(2)4-11(5,7)8/h3,6H,4H2,1-2H3. The van der Waals surface area contributed by atoms with Crippen LogP contribution in [0.15, 0.2) is 10.3 Å². The number of sulfone groups is 2. The molecule has 0 bridgehead atoms. The van der Waals surface area contributed by atoms with Crippen LogP contribution in [0.5, 0.6) is 0 Å². The SMILES string of the molecule is CC1=CS(=O)(=O)C(C)CS1(=O)=O. The fourth-order valence-corrected chi connectivity index (χ4v) is 4.82. The highest BCUT2D eigenvalue weighted by atomic mass is 32.2. The first-order valence-corrected chi connectivity index (χ1v) is 6.67. The van der Waals surface area contributed by atoms with Crippen LogP contribution in [0.4, 0.5) is 0 Å². The molecule has 1 rings (SSSR count). The molecule has 70 valence electrons. The smallest absolute Gasteiger partial charge is 0.176 e. The first kappa shape index (κ1) is 9.73. The number of allylic oxidation sites excluding steroid dienone is 1. The monoisotopic (exact) mass is 210 g/mol. The maximum Gasteiger partial charge on any atom is 0.176 e. The fourth-order valence-electron chi connectivity index (χ4n) is 0.956. The van der Waals surface area contributed by atoms with Crippen LogP contribution in [0.1, 0.15) is 13.8 Å². The van der Waals surface area contributed by atoms with Gasteiger partial charge >= 0.3 is 0 Å². The summed E-state index contributed by atoms with van der Waals surface area (Å²) in [5, 5.41) is 0.0300. The second-order valence-electron chi connectivity index (χ2n) is 2.91. The zero-order chi connectivity index (χ0) is 9.57. The number of rotatable bonds is 0. The van der Waals surface area contributed by atoms with Crippen molar-refractivity contribution in [2.24, 2.45) is 0 Å². The number of hydrogen-bond donors (Lipinski definition) is 0. The molecule has 0 N–H and O–H groups in total. The number of hydrogen-bond acceptors (Lipinski definition) is 4. The average Bonchev–Trinajstić information content (AvgIpc) is 1.82. The molecular weight excluding hydrogens is 200 g/mol. The van der Waals surface area contributed by atoms with Crippen molar-refractivity contribution in [3.8, 4) is 0 Å². The van der Waals surface area contributed by atoms with Gasteiger partial charge in [-0.1, -0.05) is 0 Å². The molecule has 0 radical (unpaired) electrons. The van der Waals surface area contributed by atoms with E-state index in [1.165, 1.54) is 13.8 Å². The van der Waals surface area contributed by atoms with E-state index in [2.05, 4.69) is 0 Å². The van der Waals surface area contributed by atoms with Crippen molar-refractivity contribution in [1.29, 1.82) is 0 Å². The minimum absolute atomic E-state index is 0.0550. The van der Waals surface area contributed by atoms with Crippen molar-refractivity contribution in [2.75, 3.05) is 5.75 Å². The normalized spacial score (nSPS) is 32.5. The van der Waals surface area contributed by atoms with Crippen molar-refractivity contribution in [1.82, 2.24) is 0 Å². The molecule has 0 saturated carbocycles. The first-order chi connectivity index (χ1) is 5.26. The quantitative estimate of drug-likeness (QED) is 0.568. The van der Waals surface area contributed by atoms with Gasteiger partial charge in [0, 0.05) is 5.41 Å². The summed E-state index contributed by atoms with van der Waals surface area (Å²) in [5.74, 6) is -0.294. The summed E-state index contributed by atoms with van der Waals surface area (Å²) in [6.45, 7) is 2.70. The molecule has 12 heavy (non-hydrogen) atoms. The van der Waals surface area contributed by atoms with E-state index in [1.807, 2.05) is 0 Å². The van der Waals surface area contributed by atoms with Gasteiger partial charge in [0.2, 0.25) is 0 Å². The van der Waals surface area contributed by atoms with Crippen LogP contribution in [-0.2, 0) is 19.7 Å². The predicted octanol–water partition coefficient (Wildman–Crippen LogP) is 0.0794. The first-order valence-electron chi connectivity index (χ1n) is 3.41. The molecular formula is C6H10O4S2. The summed E-state index contributed by atoms with van der Waals surface area (Å²) >= 11 is 0. The van der Waals surface area contributed by atoms with E-state index in [0.717, 1.165) is 5.41 Å². The van der Waals surface area contributed by atoms with Crippen LogP contribution in [0.3, 0.4) is 0 Å². The molecule has 1 aliphatic heterocycles. The molecule has 0 aromatic rings. The highest BCUT2D eigenvalue weighted by molar-refractivity contribution is 8.02. The molecule has 0 saturated heterocycles. The van der Waals surface area contributed by atoms with Gasteiger partial charge in [0.25, 0.3) is 0 Å². The molecule has 0 aliphatic carbocycles. The van der Waals surface area contributed by atoms with E-state index in [1.54, 1.807) is 0 Å². The van der Waals surface area contributed by atoms with E-state index in [-0.39, 0.29) is 10.7 Å². The Kier molecular flexibility index (Phi) is 2.08. The Balaban J connectivity index is 3.38. The molecule has 0 aromatic heterocycles. The molecule has 0 spiro atoms. The molecule has 0 fully saturated rings. The van der Waals surface area contributed by atoms with Crippen LogP contribution >= 0.6 is 0 Å². The van der Waals surface area contributed by atoms with Crippen molar-refractivity contribution in [3.05, 3.63) is 10.3 Å². The maximum atomic E-state index is 11.1. The van der Waals surface area contributed by atoms with Gasteiger partial charge in [0.1, 0.15) is 0 Å². The molecule has 1 atom stereocenters. The molecule has 1 heterocycles. The topological polar surface area (TPSA) is 68.3 Å². The molecule has 4 nitrogen and oxygen atoms in total. The van der Waals surface area contributed by atoms with E-state index in [9.17, 15) is 16.8 Å². The van der Waals surface area contributed by atoms with Gasteiger partial charge in [-0.25, -0.2) is 16.8 Å². The Bertz CT molecular complexity index is 412. The average molecular weight is 210 g/mol. The third-order valence-corrected chi connectivity index (χ3v) is 6.20.